The van der Waals surface area contributed by atoms with E-state index >= 15 is 0 Å². The van der Waals surface area contributed by atoms with Crippen LogP contribution >= 0.6 is 0 Å². The maximum absolute atomic E-state index is 10.9. The highest BCUT2D eigenvalue weighted by atomic mass is 16.4. The van der Waals surface area contributed by atoms with Crippen molar-refractivity contribution in [2.24, 2.45) is 0 Å². The van der Waals surface area contributed by atoms with Gasteiger partial charge in [0.05, 0.1) is 0 Å². The van der Waals surface area contributed by atoms with Gasteiger partial charge in [0.25, 0.3) is 0 Å². The molecule has 86 valence electrons. The molecule has 1 saturated carbocycles. The number of hydrogen-bond donors (Lipinski definition) is 1. The van der Waals surface area contributed by atoms with Crippen LogP contribution in [0, 0.1) is 6.92 Å². The minimum atomic E-state index is -0.970. The van der Waals surface area contributed by atoms with Gasteiger partial charge in [-0.2, -0.15) is 0 Å². The summed E-state index contributed by atoms with van der Waals surface area (Å²) < 4.78 is 0. The first-order chi connectivity index (χ1) is 7.66. The van der Waals surface area contributed by atoms with E-state index in [1.54, 1.807) is 0 Å². The molecule has 0 aromatic carbocycles. The van der Waals surface area contributed by atoms with Crippen molar-refractivity contribution in [3.63, 3.8) is 0 Å². The molecule has 1 aromatic heterocycles. The molecule has 0 saturated heterocycles. The second kappa shape index (κ2) is 4.60. The average Bonchev–Trinajstić information content (AvgIpc) is 2.29. The van der Waals surface area contributed by atoms with Crippen molar-refractivity contribution >= 4 is 5.97 Å². The van der Waals surface area contributed by atoms with Gasteiger partial charge in [-0.25, -0.2) is 14.8 Å². The molecule has 0 radical (unpaired) electrons. The third-order valence-electron chi connectivity index (χ3n) is 3.06. The molecule has 1 aromatic rings. The molecule has 0 aliphatic heterocycles. The highest BCUT2D eigenvalue weighted by molar-refractivity contribution is 5.85. The lowest BCUT2D eigenvalue weighted by molar-refractivity contribution is 0.0689. The fourth-order valence-corrected chi connectivity index (χ4v) is 2.24. The van der Waals surface area contributed by atoms with Crippen molar-refractivity contribution in [2.75, 3.05) is 0 Å². The molecule has 0 unspecified atom stereocenters. The second-order valence-electron chi connectivity index (χ2n) is 4.39. The highest BCUT2D eigenvalue weighted by Crippen LogP contribution is 2.30. The summed E-state index contributed by atoms with van der Waals surface area (Å²) in [6.45, 7) is 1.82. The molecule has 4 heteroatoms. The van der Waals surface area contributed by atoms with E-state index in [1.807, 2.05) is 6.92 Å². The molecule has 1 heterocycles. The summed E-state index contributed by atoms with van der Waals surface area (Å²) in [4.78, 5) is 19.4. The number of nitrogens with zero attached hydrogens (tertiary/aromatic N) is 2. The van der Waals surface area contributed by atoms with Gasteiger partial charge in [0.15, 0.2) is 5.69 Å². The molecule has 0 spiro atoms. The van der Waals surface area contributed by atoms with Crippen LogP contribution in [0.15, 0.2) is 6.07 Å². The molecule has 1 aliphatic rings. The monoisotopic (exact) mass is 220 g/mol. The number of carboxylic acids is 1. The van der Waals surface area contributed by atoms with Gasteiger partial charge in [-0.15, -0.1) is 0 Å². The Balaban J connectivity index is 2.28. The van der Waals surface area contributed by atoms with E-state index in [2.05, 4.69) is 9.97 Å². The van der Waals surface area contributed by atoms with E-state index < -0.39 is 5.97 Å². The zero-order chi connectivity index (χ0) is 11.5. The lowest BCUT2D eigenvalue weighted by atomic mass is 9.88. The summed E-state index contributed by atoms with van der Waals surface area (Å²) in [7, 11) is 0. The van der Waals surface area contributed by atoms with E-state index in [-0.39, 0.29) is 5.69 Å². The van der Waals surface area contributed by atoms with Crippen LogP contribution in [0.25, 0.3) is 0 Å². The van der Waals surface area contributed by atoms with Gasteiger partial charge >= 0.3 is 5.97 Å². The topological polar surface area (TPSA) is 63.1 Å². The fraction of sp³-hybridized carbons (Fsp3) is 0.583. The maximum Gasteiger partial charge on any atom is 0.354 e. The molecule has 0 amide bonds. The Morgan fingerprint density at radius 1 is 1.31 bits per heavy atom. The van der Waals surface area contributed by atoms with Gasteiger partial charge in [0.2, 0.25) is 0 Å². The lowest BCUT2D eigenvalue weighted by Gasteiger charge is -2.20. The zero-order valence-electron chi connectivity index (χ0n) is 9.44. The van der Waals surface area contributed by atoms with Gasteiger partial charge in [-0.3, -0.25) is 0 Å². The van der Waals surface area contributed by atoms with Crippen LogP contribution in [0.3, 0.4) is 0 Å². The van der Waals surface area contributed by atoms with Crippen LogP contribution in [0.4, 0.5) is 0 Å². The zero-order valence-corrected chi connectivity index (χ0v) is 9.44. The second-order valence-corrected chi connectivity index (χ2v) is 4.39. The first-order valence-corrected chi connectivity index (χ1v) is 5.75. The van der Waals surface area contributed by atoms with Crippen LogP contribution in [0.1, 0.15) is 60.0 Å². The van der Waals surface area contributed by atoms with Crippen LogP contribution in [0.5, 0.6) is 0 Å². The predicted octanol–water partition coefficient (Wildman–Crippen LogP) is 2.53. The minimum absolute atomic E-state index is 0.119. The Bertz CT molecular complexity index is 398. The number of hydrogen-bond acceptors (Lipinski definition) is 3. The van der Waals surface area contributed by atoms with Crippen LogP contribution in [-0.2, 0) is 0 Å². The van der Waals surface area contributed by atoms with E-state index in [0.717, 1.165) is 24.4 Å². The molecule has 1 aliphatic carbocycles. The van der Waals surface area contributed by atoms with Crippen molar-refractivity contribution in [3.8, 4) is 0 Å². The van der Waals surface area contributed by atoms with E-state index in [1.165, 1.54) is 25.3 Å². The minimum Gasteiger partial charge on any atom is -0.477 e. The Hall–Kier alpha value is -1.45. The van der Waals surface area contributed by atoms with Crippen molar-refractivity contribution in [1.29, 1.82) is 0 Å². The van der Waals surface area contributed by atoms with Gasteiger partial charge in [-0.1, -0.05) is 19.3 Å². The van der Waals surface area contributed by atoms with Gasteiger partial charge in [0, 0.05) is 11.6 Å². The van der Waals surface area contributed by atoms with Crippen molar-refractivity contribution in [3.05, 3.63) is 23.3 Å². The Morgan fingerprint density at radius 3 is 2.62 bits per heavy atom. The van der Waals surface area contributed by atoms with Crippen molar-refractivity contribution in [2.45, 2.75) is 44.9 Å². The predicted molar refractivity (Wildman–Crippen MR) is 59.6 cm³/mol. The summed E-state index contributed by atoms with van der Waals surface area (Å²) in [6, 6.07) is 1.52. The molecular formula is C12H16N2O2. The summed E-state index contributed by atoms with van der Waals surface area (Å²) >= 11 is 0. The molecule has 0 bridgehead atoms. The molecular weight excluding hydrogens is 204 g/mol. The third kappa shape index (κ3) is 2.38. The number of carboxylic acid groups (broad SMARTS) is 1. The molecule has 1 fully saturated rings. The first kappa shape index (κ1) is 11.0. The summed E-state index contributed by atoms with van der Waals surface area (Å²) in [5.74, 6) is 0.103. The number of aromatic nitrogens is 2. The average molecular weight is 220 g/mol. The van der Waals surface area contributed by atoms with Crippen LogP contribution < -0.4 is 0 Å². The van der Waals surface area contributed by atoms with E-state index in [9.17, 15) is 4.79 Å². The number of rotatable bonds is 2. The van der Waals surface area contributed by atoms with Crippen LogP contribution in [0.2, 0.25) is 0 Å². The SMILES string of the molecule is Cc1cc(C(=O)O)nc(C2CCCCC2)n1. The lowest BCUT2D eigenvalue weighted by Crippen LogP contribution is -2.13. The fourth-order valence-electron chi connectivity index (χ4n) is 2.24. The van der Waals surface area contributed by atoms with Crippen molar-refractivity contribution < 1.29 is 9.90 Å². The molecule has 2 rings (SSSR count). The van der Waals surface area contributed by atoms with Gasteiger partial charge < -0.3 is 5.11 Å². The number of aromatic carboxylic acids is 1. The normalized spacial score (nSPS) is 17.3. The molecule has 4 nitrogen and oxygen atoms in total. The Morgan fingerprint density at radius 2 is 2.00 bits per heavy atom. The first-order valence-electron chi connectivity index (χ1n) is 5.75. The van der Waals surface area contributed by atoms with E-state index in [0.29, 0.717) is 5.92 Å². The molecule has 1 N–H and O–H groups in total. The highest BCUT2D eigenvalue weighted by Gasteiger charge is 2.20. The molecule has 16 heavy (non-hydrogen) atoms. The van der Waals surface area contributed by atoms with Crippen molar-refractivity contribution in [1.82, 2.24) is 9.97 Å². The van der Waals surface area contributed by atoms with Gasteiger partial charge in [0.1, 0.15) is 5.82 Å². The maximum atomic E-state index is 10.9. The Labute approximate surface area is 94.7 Å². The quantitative estimate of drug-likeness (QED) is 0.831. The van der Waals surface area contributed by atoms with E-state index in [4.69, 9.17) is 5.11 Å². The number of carbonyl (C=O) groups is 1. The largest absolute Gasteiger partial charge is 0.477 e. The summed E-state index contributed by atoms with van der Waals surface area (Å²) in [6.07, 6.45) is 5.84. The van der Waals surface area contributed by atoms with Crippen LogP contribution in [-0.4, -0.2) is 21.0 Å². The third-order valence-corrected chi connectivity index (χ3v) is 3.06. The summed E-state index contributed by atoms with van der Waals surface area (Å²) in [5.41, 5.74) is 0.862. The number of aryl methyl sites for hydroxylation is 1. The Kier molecular flexibility index (Phi) is 3.17. The van der Waals surface area contributed by atoms with Gasteiger partial charge in [-0.05, 0) is 25.8 Å². The smallest absolute Gasteiger partial charge is 0.354 e. The summed E-state index contributed by atoms with van der Waals surface area (Å²) in [5, 5.41) is 8.94. The standard InChI is InChI=1S/C12H16N2O2/c1-8-7-10(12(15)16)14-11(13-8)9-5-3-2-4-6-9/h7,9H,2-6H2,1H3,(H,15,16). The molecule has 0 atom stereocenters.